The summed E-state index contributed by atoms with van der Waals surface area (Å²) in [6.45, 7) is 8.49. The molecule has 1 aromatic carbocycles. The largest absolute Gasteiger partial charge is 0.467 e. The molecule has 4 nitrogen and oxygen atoms in total. The SMILES string of the molecule is COC(=O)C(CC(C)C)Nc1ncc(Br)c2ccc(C(C)C)cc12. The molecule has 1 N–H and O–H groups in total. The number of anilines is 1. The number of halogens is 1. The lowest BCUT2D eigenvalue weighted by Gasteiger charge is -2.20. The number of aromatic nitrogens is 1. The molecule has 1 atom stereocenters. The molecule has 1 heterocycles. The van der Waals surface area contributed by atoms with Crippen LogP contribution in [0.3, 0.4) is 0 Å². The van der Waals surface area contributed by atoms with Crippen LogP contribution in [-0.4, -0.2) is 24.1 Å². The van der Waals surface area contributed by atoms with Crippen molar-refractivity contribution in [1.82, 2.24) is 4.98 Å². The van der Waals surface area contributed by atoms with Crippen LogP contribution in [0.1, 0.15) is 45.6 Å². The van der Waals surface area contributed by atoms with Gasteiger partial charge in [-0.05, 0) is 45.8 Å². The summed E-state index contributed by atoms with van der Waals surface area (Å²) >= 11 is 3.56. The zero-order valence-corrected chi connectivity index (χ0v) is 16.5. The van der Waals surface area contributed by atoms with E-state index in [9.17, 15) is 4.79 Å². The van der Waals surface area contributed by atoms with Gasteiger partial charge >= 0.3 is 5.97 Å². The van der Waals surface area contributed by atoms with Gasteiger partial charge in [-0.15, -0.1) is 0 Å². The van der Waals surface area contributed by atoms with Crippen LogP contribution in [0, 0.1) is 5.92 Å². The molecule has 0 fully saturated rings. The van der Waals surface area contributed by atoms with Crippen LogP contribution < -0.4 is 5.32 Å². The standard InChI is InChI=1S/C19H25BrN2O2/c1-11(2)8-17(19(23)24-5)22-18-15-9-13(12(3)4)6-7-14(15)16(20)10-21-18/h6-7,9-12,17H,8H2,1-5H3,(H,21,22). The third-order valence-corrected chi connectivity index (χ3v) is 4.67. The summed E-state index contributed by atoms with van der Waals surface area (Å²) in [5.41, 5.74) is 1.24. The number of hydrogen-bond donors (Lipinski definition) is 1. The summed E-state index contributed by atoms with van der Waals surface area (Å²) in [6, 6.07) is 5.96. The van der Waals surface area contributed by atoms with Crippen molar-refractivity contribution in [1.29, 1.82) is 0 Å². The minimum atomic E-state index is -0.408. The first-order valence-corrected chi connectivity index (χ1v) is 9.05. The van der Waals surface area contributed by atoms with Gasteiger partial charge in [-0.1, -0.05) is 39.8 Å². The molecular weight excluding hydrogens is 368 g/mol. The Kier molecular flexibility index (Phi) is 6.21. The molecule has 2 rings (SSSR count). The number of pyridine rings is 1. The molecule has 1 unspecified atom stereocenters. The summed E-state index contributed by atoms with van der Waals surface area (Å²) in [5, 5.41) is 5.37. The highest BCUT2D eigenvalue weighted by atomic mass is 79.9. The van der Waals surface area contributed by atoms with Gasteiger partial charge in [0.05, 0.1) is 7.11 Å². The number of carbonyl (C=O) groups is 1. The number of methoxy groups -OCH3 is 1. The first kappa shape index (κ1) is 18.7. The Bertz CT molecular complexity index is 729. The smallest absolute Gasteiger partial charge is 0.328 e. The molecule has 0 saturated carbocycles. The quantitative estimate of drug-likeness (QED) is 0.692. The number of nitrogens with zero attached hydrogens (tertiary/aromatic N) is 1. The van der Waals surface area contributed by atoms with Crippen LogP contribution in [0.5, 0.6) is 0 Å². The van der Waals surface area contributed by atoms with E-state index in [1.165, 1.54) is 12.7 Å². The average molecular weight is 393 g/mol. The van der Waals surface area contributed by atoms with Crippen LogP contribution in [0.4, 0.5) is 5.82 Å². The fourth-order valence-corrected chi connectivity index (χ4v) is 3.14. The predicted molar refractivity (Wildman–Crippen MR) is 102 cm³/mol. The number of nitrogens with one attached hydrogen (secondary N) is 1. The number of hydrogen-bond acceptors (Lipinski definition) is 4. The fourth-order valence-electron chi connectivity index (χ4n) is 2.69. The number of carbonyl (C=O) groups excluding carboxylic acids is 1. The van der Waals surface area contributed by atoms with Gasteiger partial charge in [0.2, 0.25) is 0 Å². The maximum Gasteiger partial charge on any atom is 0.328 e. The zero-order chi connectivity index (χ0) is 17.9. The molecule has 0 saturated heterocycles. The Labute approximate surface area is 152 Å². The lowest BCUT2D eigenvalue weighted by molar-refractivity contribution is -0.141. The number of benzene rings is 1. The molecule has 1 aromatic heterocycles. The monoisotopic (exact) mass is 392 g/mol. The molecule has 0 amide bonds. The van der Waals surface area contributed by atoms with E-state index in [2.05, 4.69) is 72.1 Å². The molecule has 0 radical (unpaired) electrons. The summed E-state index contributed by atoms with van der Waals surface area (Å²) in [7, 11) is 1.42. The third kappa shape index (κ3) is 4.26. The molecule has 0 aliphatic rings. The predicted octanol–water partition coefficient (Wildman–Crippen LogP) is 5.12. The number of fused-ring (bicyclic) bond motifs is 1. The van der Waals surface area contributed by atoms with Crippen molar-refractivity contribution in [2.45, 2.75) is 46.1 Å². The van der Waals surface area contributed by atoms with Crippen LogP contribution >= 0.6 is 15.9 Å². The maximum atomic E-state index is 12.1. The Balaban J connectivity index is 2.48. The highest BCUT2D eigenvalue weighted by molar-refractivity contribution is 9.10. The Morgan fingerprint density at radius 2 is 1.96 bits per heavy atom. The second kappa shape index (κ2) is 7.97. The molecular formula is C19H25BrN2O2. The summed E-state index contributed by atoms with van der Waals surface area (Å²) in [6.07, 6.45) is 2.46. The van der Waals surface area contributed by atoms with Gasteiger partial charge in [-0.3, -0.25) is 0 Å². The average Bonchev–Trinajstić information content (AvgIpc) is 2.55. The van der Waals surface area contributed by atoms with Crippen molar-refractivity contribution in [2.24, 2.45) is 5.92 Å². The van der Waals surface area contributed by atoms with Gasteiger partial charge in [-0.25, -0.2) is 9.78 Å². The van der Waals surface area contributed by atoms with E-state index in [1.807, 2.05) is 0 Å². The minimum Gasteiger partial charge on any atom is -0.467 e. The second-order valence-corrected chi connectivity index (χ2v) is 7.62. The molecule has 2 aromatic rings. The molecule has 24 heavy (non-hydrogen) atoms. The van der Waals surface area contributed by atoms with Gasteiger partial charge < -0.3 is 10.1 Å². The van der Waals surface area contributed by atoms with Crippen molar-refractivity contribution in [3.63, 3.8) is 0 Å². The molecule has 5 heteroatoms. The summed E-state index contributed by atoms with van der Waals surface area (Å²) in [5.74, 6) is 1.25. The third-order valence-electron chi connectivity index (χ3n) is 4.03. The molecule has 0 spiro atoms. The highest BCUT2D eigenvalue weighted by Gasteiger charge is 2.22. The highest BCUT2D eigenvalue weighted by Crippen LogP contribution is 2.31. The van der Waals surface area contributed by atoms with E-state index < -0.39 is 6.04 Å². The number of rotatable bonds is 6. The van der Waals surface area contributed by atoms with Crippen molar-refractivity contribution < 1.29 is 9.53 Å². The first-order chi connectivity index (χ1) is 11.3. The van der Waals surface area contributed by atoms with E-state index in [0.717, 1.165) is 15.2 Å². The first-order valence-electron chi connectivity index (χ1n) is 8.26. The summed E-state index contributed by atoms with van der Waals surface area (Å²) < 4.78 is 5.89. The minimum absolute atomic E-state index is 0.262. The van der Waals surface area contributed by atoms with Gasteiger partial charge in [0.1, 0.15) is 11.9 Å². The van der Waals surface area contributed by atoms with Crippen LogP contribution in [0.2, 0.25) is 0 Å². The van der Waals surface area contributed by atoms with Gasteiger partial charge in [-0.2, -0.15) is 0 Å². The zero-order valence-electron chi connectivity index (χ0n) is 14.9. The normalized spacial score (nSPS) is 12.7. The van der Waals surface area contributed by atoms with Gasteiger partial charge in [0.25, 0.3) is 0 Å². The second-order valence-electron chi connectivity index (χ2n) is 6.76. The number of esters is 1. The van der Waals surface area contributed by atoms with Crippen LogP contribution in [0.25, 0.3) is 10.8 Å². The Hall–Kier alpha value is -1.62. The fraction of sp³-hybridized carbons (Fsp3) is 0.474. The topological polar surface area (TPSA) is 51.2 Å². The Morgan fingerprint density at radius 3 is 2.54 bits per heavy atom. The lowest BCUT2D eigenvalue weighted by atomic mass is 9.99. The molecule has 0 aliphatic heterocycles. The molecule has 130 valence electrons. The number of ether oxygens (including phenoxy) is 1. The van der Waals surface area contributed by atoms with E-state index in [4.69, 9.17) is 4.74 Å². The molecule has 0 bridgehead atoms. The van der Waals surface area contributed by atoms with Crippen molar-refractivity contribution in [3.05, 3.63) is 34.4 Å². The van der Waals surface area contributed by atoms with Crippen molar-refractivity contribution in [3.8, 4) is 0 Å². The maximum absolute atomic E-state index is 12.1. The van der Waals surface area contributed by atoms with Crippen molar-refractivity contribution in [2.75, 3.05) is 12.4 Å². The molecule has 0 aliphatic carbocycles. The summed E-state index contributed by atoms with van der Waals surface area (Å²) in [4.78, 5) is 16.6. The van der Waals surface area contributed by atoms with Crippen molar-refractivity contribution >= 4 is 38.5 Å². The Morgan fingerprint density at radius 1 is 1.25 bits per heavy atom. The van der Waals surface area contributed by atoms with E-state index in [1.54, 1.807) is 6.20 Å². The van der Waals surface area contributed by atoms with E-state index in [0.29, 0.717) is 24.1 Å². The van der Waals surface area contributed by atoms with E-state index >= 15 is 0 Å². The van der Waals surface area contributed by atoms with Crippen LogP contribution in [0.15, 0.2) is 28.9 Å². The van der Waals surface area contributed by atoms with Crippen LogP contribution in [-0.2, 0) is 9.53 Å². The lowest BCUT2D eigenvalue weighted by Crippen LogP contribution is -2.32. The van der Waals surface area contributed by atoms with E-state index in [-0.39, 0.29) is 5.97 Å². The van der Waals surface area contributed by atoms with Gasteiger partial charge in [0, 0.05) is 21.4 Å². The van der Waals surface area contributed by atoms with Gasteiger partial charge in [0.15, 0.2) is 0 Å².